The van der Waals surface area contributed by atoms with Crippen LogP contribution in [0.15, 0.2) is 24.5 Å². The Labute approximate surface area is 127 Å². The molecular weight excluding hydrogens is 278 g/mol. The van der Waals surface area contributed by atoms with Gasteiger partial charge in [0.15, 0.2) is 0 Å². The molecule has 2 heterocycles. The highest BCUT2D eigenvalue weighted by molar-refractivity contribution is 5.55. The van der Waals surface area contributed by atoms with Gasteiger partial charge in [0.25, 0.3) is 5.78 Å². The van der Waals surface area contributed by atoms with Crippen molar-refractivity contribution in [2.24, 2.45) is 0 Å². The zero-order valence-electron chi connectivity index (χ0n) is 12.5. The first-order valence-corrected chi connectivity index (χ1v) is 7.39. The van der Waals surface area contributed by atoms with Gasteiger partial charge in [-0.05, 0) is 43.9 Å². The van der Waals surface area contributed by atoms with E-state index >= 15 is 0 Å². The fourth-order valence-electron chi connectivity index (χ4n) is 3.15. The second kappa shape index (κ2) is 4.69. The Morgan fingerprint density at radius 3 is 3.05 bits per heavy atom. The number of phenolic OH excluding ortho intramolecular Hbond substituents is 1. The van der Waals surface area contributed by atoms with Gasteiger partial charge in [-0.3, -0.25) is 0 Å². The van der Waals surface area contributed by atoms with E-state index in [1.54, 1.807) is 10.6 Å². The van der Waals surface area contributed by atoms with Gasteiger partial charge in [-0.2, -0.15) is 14.6 Å². The number of phenols is 1. The van der Waals surface area contributed by atoms with E-state index in [4.69, 9.17) is 0 Å². The first-order valence-electron chi connectivity index (χ1n) is 7.39. The standard InChI is InChI=1S/C16H17N5O/c1-9-10(2)19-16-17-8-18-21(16)15(9)20-13-7-6-12-11(13)4-3-5-14(12)22/h3-5,8,13,20,22H,6-7H2,1-2H3/t13-/m0/s1. The van der Waals surface area contributed by atoms with Crippen molar-refractivity contribution in [3.8, 4) is 5.75 Å². The van der Waals surface area contributed by atoms with Crippen LogP contribution >= 0.6 is 0 Å². The molecule has 0 amide bonds. The fourth-order valence-corrected chi connectivity index (χ4v) is 3.15. The van der Waals surface area contributed by atoms with Gasteiger partial charge in [-0.15, -0.1) is 0 Å². The molecule has 112 valence electrons. The Morgan fingerprint density at radius 2 is 2.18 bits per heavy atom. The number of hydrogen-bond donors (Lipinski definition) is 2. The third-order valence-electron chi connectivity index (χ3n) is 4.46. The van der Waals surface area contributed by atoms with Gasteiger partial charge in [0.05, 0.1) is 6.04 Å². The van der Waals surface area contributed by atoms with Gasteiger partial charge in [-0.25, -0.2) is 4.98 Å². The lowest BCUT2D eigenvalue weighted by atomic mass is 10.1. The lowest BCUT2D eigenvalue weighted by Crippen LogP contribution is -2.14. The van der Waals surface area contributed by atoms with Crippen molar-refractivity contribution in [3.05, 3.63) is 46.9 Å². The average molecular weight is 295 g/mol. The van der Waals surface area contributed by atoms with Crippen LogP contribution in [0.3, 0.4) is 0 Å². The molecule has 0 unspecified atom stereocenters. The summed E-state index contributed by atoms with van der Waals surface area (Å²) in [7, 11) is 0. The summed E-state index contributed by atoms with van der Waals surface area (Å²) in [6, 6.07) is 5.87. The molecule has 0 spiro atoms. The predicted octanol–water partition coefficient (Wildman–Crippen LogP) is 2.55. The van der Waals surface area contributed by atoms with Gasteiger partial charge in [0, 0.05) is 11.3 Å². The number of hydrogen-bond acceptors (Lipinski definition) is 5. The van der Waals surface area contributed by atoms with Crippen LogP contribution in [0.2, 0.25) is 0 Å². The molecule has 0 radical (unpaired) electrons. The Hall–Kier alpha value is -2.63. The highest BCUT2D eigenvalue weighted by Crippen LogP contribution is 2.38. The first kappa shape index (κ1) is 13.1. The molecule has 0 fully saturated rings. The number of fused-ring (bicyclic) bond motifs is 2. The van der Waals surface area contributed by atoms with Crippen LogP contribution in [0.25, 0.3) is 5.78 Å². The summed E-state index contributed by atoms with van der Waals surface area (Å²) in [6.07, 6.45) is 3.34. The Morgan fingerprint density at radius 1 is 1.32 bits per heavy atom. The summed E-state index contributed by atoms with van der Waals surface area (Å²) in [6.45, 7) is 4.01. The van der Waals surface area contributed by atoms with Gasteiger partial charge < -0.3 is 10.4 Å². The van der Waals surface area contributed by atoms with E-state index in [9.17, 15) is 5.11 Å². The van der Waals surface area contributed by atoms with Crippen LogP contribution < -0.4 is 5.32 Å². The largest absolute Gasteiger partial charge is 0.508 e. The van der Waals surface area contributed by atoms with E-state index in [0.29, 0.717) is 11.5 Å². The molecule has 22 heavy (non-hydrogen) atoms. The maximum absolute atomic E-state index is 9.99. The van der Waals surface area contributed by atoms with Gasteiger partial charge in [-0.1, -0.05) is 12.1 Å². The number of nitrogens with zero attached hydrogens (tertiary/aromatic N) is 4. The van der Waals surface area contributed by atoms with Crippen molar-refractivity contribution in [2.75, 3.05) is 5.32 Å². The zero-order chi connectivity index (χ0) is 15.3. The van der Waals surface area contributed by atoms with E-state index in [-0.39, 0.29) is 6.04 Å². The minimum Gasteiger partial charge on any atom is -0.508 e. The molecule has 1 aliphatic carbocycles. The van der Waals surface area contributed by atoms with Crippen molar-refractivity contribution in [3.63, 3.8) is 0 Å². The summed E-state index contributed by atoms with van der Waals surface area (Å²) in [5, 5.41) is 17.8. The molecule has 1 aromatic carbocycles. The van der Waals surface area contributed by atoms with Crippen LogP contribution in [-0.4, -0.2) is 24.7 Å². The number of aromatic hydroxyl groups is 1. The molecule has 6 heteroatoms. The Balaban J connectivity index is 1.79. The van der Waals surface area contributed by atoms with Crippen molar-refractivity contribution >= 4 is 11.6 Å². The molecule has 2 N–H and O–H groups in total. The van der Waals surface area contributed by atoms with E-state index in [1.807, 2.05) is 19.9 Å². The molecule has 2 aromatic heterocycles. The second-order valence-electron chi connectivity index (χ2n) is 5.72. The minimum atomic E-state index is 0.162. The SMILES string of the molecule is Cc1nc2ncnn2c(N[C@H]2CCc3c(O)cccc32)c1C. The van der Waals surface area contributed by atoms with Crippen LogP contribution in [0.1, 0.15) is 34.8 Å². The van der Waals surface area contributed by atoms with E-state index < -0.39 is 0 Å². The van der Waals surface area contributed by atoms with Crippen LogP contribution in [0.4, 0.5) is 5.82 Å². The average Bonchev–Trinajstić information content (AvgIpc) is 3.11. The lowest BCUT2D eigenvalue weighted by Gasteiger charge is -2.18. The molecule has 1 aliphatic rings. The number of aromatic nitrogens is 4. The molecule has 0 aliphatic heterocycles. The molecule has 0 bridgehead atoms. The number of anilines is 1. The van der Waals surface area contributed by atoms with Crippen molar-refractivity contribution < 1.29 is 5.11 Å². The highest BCUT2D eigenvalue weighted by Gasteiger charge is 2.26. The van der Waals surface area contributed by atoms with Crippen molar-refractivity contribution in [1.29, 1.82) is 0 Å². The molecule has 0 saturated heterocycles. The van der Waals surface area contributed by atoms with Gasteiger partial charge in [0.2, 0.25) is 0 Å². The van der Waals surface area contributed by atoms with Crippen molar-refractivity contribution in [1.82, 2.24) is 19.6 Å². The predicted molar refractivity (Wildman–Crippen MR) is 83.0 cm³/mol. The van der Waals surface area contributed by atoms with E-state index in [0.717, 1.165) is 41.0 Å². The number of rotatable bonds is 2. The van der Waals surface area contributed by atoms with Crippen LogP contribution in [0, 0.1) is 13.8 Å². The van der Waals surface area contributed by atoms with Gasteiger partial charge in [0.1, 0.15) is 17.9 Å². The molecule has 0 saturated carbocycles. The molecule has 4 rings (SSSR count). The summed E-state index contributed by atoms with van der Waals surface area (Å²) in [5.74, 6) is 1.90. The van der Waals surface area contributed by atoms with E-state index in [2.05, 4.69) is 26.4 Å². The lowest BCUT2D eigenvalue weighted by molar-refractivity contribution is 0.469. The molecule has 6 nitrogen and oxygen atoms in total. The Kier molecular flexibility index (Phi) is 2.79. The molecular formula is C16H17N5O. The Bertz CT molecular complexity index is 870. The number of nitrogens with one attached hydrogen (secondary N) is 1. The van der Waals surface area contributed by atoms with Crippen molar-refractivity contribution in [2.45, 2.75) is 32.7 Å². The normalized spacial score (nSPS) is 16.9. The summed E-state index contributed by atoms with van der Waals surface area (Å²) >= 11 is 0. The highest BCUT2D eigenvalue weighted by atomic mass is 16.3. The minimum absolute atomic E-state index is 0.162. The van der Waals surface area contributed by atoms with Crippen LogP contribution in [-0.2, 0) is 6.42 Å². The fraction of sp³-hybridized carbons (Fsp3) is 0.312. The third-order valence-corrected chi connectivity index (χ3v) is 4.46. The smallest absolute Gasteiger partial charge is 0.254 e. The van der Waals surface area contributed by atoms with E-state index in [1.165, 1.54) is 6.33 Å². The number of aryl methyl sites for hydroxylation is 1. The maximum atomic E-state index is 9.99. The maximum Gasteiger partial charge on any atom is 0.254 e. The van der Waals surface area contributed by atoms with Gasteiger partial charge >= 0.3 is 0 Å². The topological polar surface area (TPSA) is 75.3 Å². The quantitative estimate of drug-likeness (QED) is 0.760. The third kappa shape index (κ3) is 1.83. The first-order chi connectivity index (χ1) is 10.6. The summed E-state index contributed by atoms with van der Waals surface area (Å²) in [4.78, 5) is 8.61. The summed E-state index contributed by atoms with van der Waals surface area (Å²) in [5.41, 5.74) is 4.20. The number of benzene rings is 1. The monoisotopic (exact) mass is 295 g/mol. The molecule has 1 atom stereocenters. The molecule has 3 aromatic rings. The second-order valence-corrected chi connectivity index (χ2v) is 5.72. The van der Waals surface area contributed by atoms with Crippen LogP contribution in [0.5, 0.6) is 5.75 Å². The summed E-state index contributed by atoms with van der Waals surface area (Å²) < 4.78 is 1.74. The zero-order valence-corrected chi connectivity index (χ0v) is 12.5.